The molecule has 0 bridgehead atoms. The van der Waals surface area contributed by atoms with Crippen LogP contribution in [-0.4, -0.2) is 44.5 Å². The third-order valence-electron chi connectivity index (χ3n) is 5.08. The molecule has 0 N–H and O–H groups in total. The summed E-state index contributed by atoms with van der Waals surface area (Å²) in [5.74, 6) is 1.53. The van der Waals surface area contributed by atoms with E-state index in [0.29, 0.717) is 29.3 Å². The molecule has 0 aliphatic heterocycles. The number of thioether (sulfide) groups is 1. The lowest BCUT2D eigenvalue weighted by molar-refractivity contribution is -0.129. The van der Waals surface area contributed by atoms with Crippen LogP contribution in [0.25, 0.3) is 11.4 Å². The maximum atomic E-state index is 13.2. The highest BCUT2D eigenvalue weighted by molar-refractivity contribution is 7.99. The number of aromatic nitrogens is 3. The Morgan fingerprint density at radius 1 is 1.17 bits per heavy atom. The molecule has 1 saturated carbocycles. The van der Waals surface area contributed by atoms with Gasteiger partial charge in [0, 0.05) is 25.2 Å². The third kappa shape index (κ3) is 4.64. The van der Waals surface area contributed by atoms with E-state index in [1.165, 1.54) is 23.9 Å². The molecule has 0 unspecified atom stereocenters. The molecule has 3 aromatic rings. The summed E-state index contributed by atoms with van der Waals surface area (Å²) >= 11 is 1.37. The maximum absolute atomic E-state index is 13.2. The first kappa shape index (κ1) is 20.4. The Labute approximate surface area is 179 Å². The van der Waals surface area contributed by atoms with Crippen LogP contribution in [0.4, 0.5) is 4.39 Å². The van der Waals surface area contributed by atoms with Gasteiger partial charge in [-0.3, -0.25) is 4.79 Å². The second-order valence-electron chi connectivity index (χ2n) is 7.26. The molecule has 6 nitrogen and oxygen atoms in total. The Bertz CT molecular complexity index is 1020. The van der Waals surface area contributed by atoms with Gasteiger partial charge in [-0.1, -0.05) is 23.9 Å². The SMILES string of the molecule is COc1ccc(CN(C(=O)CSc2nnc(-c3ccc(F)cc3)n2C)C2CC2)cc1. The number of nitrogens with zero attached hydrogens (tertiary/aromatic N) is 4. The third-order valence-corrected chi connectivity index (χ3v) is 6.09. The second-order valence-corrected chi connectivity index (χ2v) is 8.20. The Hall–Kier alpha value is -2.87. The van der Waals surface area contributed by atoms with Crippen molar-refractivity contribution < 1.29 is 13.9 Å². The van der Waals surface area contributed by atoms with Crippen LogP contribution in [0.15, 0.2) is 53.7 Å². The molecular weight excluding hydrogens is 403 g/mol. The first-order valence-electron chi connectivity index (χ1n) is 9.75. The largest absolute Gasteiger partial charge is 0.497 e. The van der Waals surface area contributed by atoms with Crippen LogP contribution in [0.3, 0.4) is 0 Å². The van der Waals surface area contributed by atoms with Gasteiger partial charge in [-0.2, -0.15) is 0 Å². The van der Waals surface area contributed by atoms with E-state index >= 15 is 0 Å². The predicted octanol–water partition coefficient (Wildman–Crippen LogP) is 3.91. The maximum Gasteiger partial charge on any atom is 0.233 e. The molecule has 30 heavy (non-hydrogen) atoms. The lowest BCUT2D eigenvalue weighted by Gasteiger charge is -2.22. The topological polar surface area (TPSA) is 60.2 Å². The van der Waals surface area contributed by atoms with Crippen LogP contribution in [-0.2, 0) is 18.4 Å². The fourth-order valence-electron chi connectivity index (χ4n) is 3.23. The molecule has 0 saturated heterocycles. The minimum absolute atomic E-state index is 0.0876. The number of halogens is 1. The van der Waals surface area contributed by atoms with Crippen molar-refractivity contribution in [1.82, 2.24) is 19.7 Å². The van der Waals surface area contributed by atoms with Crippen LogP contribution >= 0.6 is 11.8 Å². The lowest BCUT2D eigenvalue weighted by atomic mass is 10.2. The summed E-state index contributed by atoms with van der Waals surface area (Å²) in [6, 6.07) is 14.3. The van der Waals surface area contributed by atoms with Crippen LogP contribution in [0.5, 0.6) is 5.75 Å². The van der Waals surface area contributed by atoms with Gasteiger partial charge in [0.2, 0.25) is 5.91 Å². The number of methoxy groups -OCH3 is 1. The van der Waals surface area contributed by atoms with Crippen LogP contribution in [0, 0.1) is 5.82 Å². The lowest BCUT2D eigenvalue weighted by Crippen LogP contribution is -2.34. The molecule has 0 radical (unpaired) electrons. The van der Waals surface area contributed by atoms with Crippen molar-refractivity contribution in [2.45, 2.75) is 30.6 Å². The van der Waals surface area contributed by atoms with Gasteiger partial charge in [-0.25, -0.2) is 4.39 Å². The summed E-state index contributed by atoms with van der Waals surface area (Å²) in [6.07, 6.45) is 2.09. The summed E-state index contributed by atoms with van der Waals surface area (Å²) in [6.45, 7) is 0.591. The zero-order chi connectivity index (χ0) is 21.1. The number of carbonyl (C=O) groups excluding carboxylic acids is 1. The highest BCUT2D eigenvalue weighted by Gasteiger charge is 2.32. The van der Waals surface area contributed by atoms with E-state index in [1.807, 2.05) is 40.8 Å². The molecule has 4 rings (SSSR count). The molecule has 1 heterocycles. The number of rotatable bonds is 8. The molecular formula is C22H23FN4O2S. The smallest absolute Gasteiger partial charge is 0.233 e. The van der Waals surface area contributed by atoms with Crippen LogP contribution < -0.4 is 4.74 Å². The summed E-state index contributed by atoms with van der Waals surface area (Å²) < 4.78 is 20.2. The van der Waals surface area contributed by atoms with Crippen LogP contribution in [0.2, 0.25) is 0 Å². The molecule has 156 valence electrons. The number of carbonyl (C=O) groups is 1. The van der Waals surface area contributed by atoms with Gasteiger partial charge in [0.15, 0.2) is 11.0 Å². The molecule has 1 amide bonds. The Morgan fingerprint density at radius 3 is 2.50 bits per heavy atom. The minimum Gasteiger partial charge on any atom is -0.497 e. The monoisotopic (exact) mass is 426 g/mol. The number of amides is 1. The van der Waals surface area contributed by atoms with Gasteiger partial charge in [-0.15, -0.1) is 10.2 Å². The first-order valence-corrected chi connectivity index (χ1v) is 10.7. The molecule has 1 aliphatic rings. The predicted molar refractivity (Wildman–Crippen MR) is 114 cm³/mol. The first-order chi connectivity index (χ1) is 14.5. The summed E-state index contributed by atoms with van der Waals surface area (Å²) in [7, 11) is 3.49. The highest BCUT2D eigenvalue weighted by atomic mass is 32.2. The van der Waals surface area contributed by atoms with E-state index in [1.54, 1.807) is 19.2 Å². The average Bonchev–Trinajstić information content (AvgIpc) is 3.54. The normalized spacial score (nSPS) is 13.3. The van der Waals surface area contributed by atoms with Crippen molar-refractivity contribution in [3.8, 4) is 17.1 Å². The van der Waals surface area contributed by atoms with Crippen molar-refractivity contribution in [2.24, 2.45) is 7.05 Å². The van der Waals surface area contributed by atoms with Gasteiger partial charge in [0.1, 0.15) is 11.6 Å². The van der Waals surface area contributed by atoms with Crippen molar-refractivity contribution >= 4 is 17.7 Å². The number of hydrogen-bond donors (Lipinski definition) is 0. The average molecular weight is 427 g/mol. The minimum atomic E-state index is -0.293. The zero-order valence-electron chi connectivity index (χ0n) is 16.9. The van der Waals surface area contributed by atoms with E-state index in [4.69, 9.17) is 4.74 Å². The van der Waals surface area contributed by atoms with Crippen molar-refractivity contribution in [3.05, 3.63) is 59.9 Å². The number of hydrogen-bond acceptors (Lipinski definition) is 5. The van der Waals surface area contributed by atoms with Gasteiger partial charge < -0.3 is 14.2 Å². The van der Waals surface area contributed by atoms with E-state index in [0.717, 1.165) is 29.7 Å². The van der Waals surface area contributed by atoms with Crippen LogP contribution in [0.1, 0.15) is 18.4 Å². The molecule has 1 aliphatic carbocycles. The molecule has 8 heteroatoms. The van der Waals surface area contributed by atoms with E-state index in [-0.39, 0.29) is 11.7 Å². The van der Waals surface area contributed by atoms with E-state index in [2.05, 4.69) is 10.2 Å². The standard InChI is InChI=1S/C22H23FN4O2S/c1-26-21(16-5-7-17(23)8-6-16)24-25-22(26)30-14-20(28)27(18-9-10-18)13-15-3-11-19(29-2)12-4-15/h3-8,11-12,18H,9-10,13-14H2,1-2H3. The number of ether oxygens (including phenoxy) is 1. The Balaban J connectivity index is 1.40. The highest BCUT2D eigenvalue weighted by Crippen LogP contribution is 2.30. The molecule has 1 fully saturated rings. The quantitative estimate of drug-likeness (QED) is 0.511. The summed E-state index contributed by atoms with van der Waals surface area (Å²) in [4.78, 5) is 14.9. The zero-order valence-corrected chi connectivity index (χ0v) is 17.7. The summed E-state index contributed by atoms with van der Waals surface area (Å²) in [5.41, 5.74) is 1.86. The fourth-order valence-corrected chi connectivity index (χ4v) is 4.03. The van der Waals surface area contributed by atoms with Gasteiger partial charge in [0.25, 0.3) is 0 Å². The van der Waals surface area contributed by atoms with E-state index in [9.17, 15) is 9.18 Å². The second kappa shape index (κ2) is 8.87. The Morgan fingerprint density at radius 2 is 1.87 bits per heavy atom. The Kier molecular flexibility index (Phi) is 6.03. The number of benzene rings is 2. The van der Waals surface area contributed by atoms with Crippen molar-refractivity contribution in [1.29, 1.82) is 0 Å². The molecule has 0 spiro atoms. The molecule has 2 aromatic carbocycles. The molecule has 0 atom stereocenters. The van der Waals surface area contributed by atoms with Gasteiger partial charge >= 0.3 is 0 Å². The van der Waals surface area contributed by atoms with Crippen molar-refractivity contribution in [2.75, 3.05) is 12.9 Å². The van der Waals surface area contributed by atoms with Gasteiger partial charge in [0.05, 0.1) is 12.9 Å². The van der Waals surface area contributed by atoms with E-state index < -0.39 is 0 Å². The summed E-state index contributed by atoms with van der Waals surface area (Å²) in [5, 5.41) is 9.07. The van der Waals surface area contributed by atoms with Crippen molar-refractivity contribution in [3.63, 3.8) is 0 Å². The fraction of sp³-hybridized carbons (Fsp3) is 0.318. The van der Waals surface area contributed by atoms with Gasteiger partial charge in [-0.05, 0) is 54.8 Å². The molecule has 1 aromatic heterocycles.